The second-order valence-corrected chi connectivity index (χ2v) is 7.38. The number of amides is 1. The van der Waals surface area contributed by atoms with Crippen LogP contribution >= 0.6 is 0 Å². The number of rotatable bonds is 7. The molecule has 0 aliphatic rings. The maximum Gasteiger partial charge on any atom is 0.453 e. The number of hydrogen-bond acceptors (Lipinski definition) is 6. The van der Waals surface area contributed by atoms with Crippen LogP contribution in [0.1, 0.15) is 41.7 Å². The zero-order valence-electron chi connectivity index (χ0n) is 18.0. The van der Waals surface area contributed by atoms with Crippen LogP contribution < -0.4 is 5.32 Å². The van der Waals surface area contributed by atoms with Gasteiger partial charge in [0.15, 0.2) is 6.10 Å². The van der Waals surface area contributed by atoms with E-state index in [0.29, 0.717) is 22.5 Å². The number of fused-ring (bicyclic) bond motifs is 1. The molecule has 1 aromatic carbocycles. The fourth-order valence-corrected chi connectivity index (χ4v) is 3.16. The van der Waals surface area contributed by atoms with E-state index in [1.54, 1.807) is 13.8 Å². The van der Waals surface area contributed by atoms with Crippen molar-refractivity contribution in [3.63, 3.8) is 0 Å². The molecule has 1 N–H and O–H groups in total. The van der Waals surface area contributed by atoms with Crippen molar-refractivity contribution in [3.05, 3.63) is 58.4 Å². The average molecular weight is 467 g/mol. The lowest BCUT2D eigenvalue weighted by atomic mass is 10.1. The van der Waals surface area contributed by atoms with Gasteiger partial charge in [0.05, 0.1) is 0 Å². The number of nitrogens with zero attached hydrogens (tertiary/aromatic N) is 4. The summed E-state index contributed by atoms with van der Waals surface area (Å²) in [4.78, 5) is 31.8. The number of carbonyl (C=O) groups excluding carboxylic acids is 2. The average Bonchev–Trinajstić information content (AvgIpc) is 3.17. The van der Waals surface area contributed by atoms with Crippen molar-refractivity contribution in [3.8, 4) is 0 Å². The van der Waals surface area contributed by atoms with Gasteiger partial charge in [-0.05, 0) is 50.5 Å². The molecule has 0 aliphatic carbocycles. The van der Waals surface area contributed by atoms with E-state index in [9.17, 15) is 27.2 Å². The summed E-state index contributed by atoms with van der Waals surface area (Å²) in [5, 5.41) is 6.05. The van der Waals surface area contributed by atoms with Gasteiger partial charge in [-0.25, -0.2) is 13.9 Å². The number of ether oxygens (including phenoxy) is 1. The van der Waals surface area contributed by atoms with Crippen molar-refractivity contribution in [2.45, 2.75) is 52.4 Å². The summed E-state index contributed by atoms with van der Waals surface area (Å²) in [7, 11) is 0. The molecule has 176 valence electrons. The molecule has 2 aromatic heterocycles. The molecule has 33 heavy (non-hydrogen) atoms. The zero-order valence-corrected chi connectivity index (χ0v) is 18.0. The zero-order chi connectivity index (χ0) is 24.3. The predicted octanol–water partition coefficient (Wildman–Crippen LogP) is 3.08. The largest absolute Gasteiger partial charge is 0.453 e. The Kier molecular flexibility index (Phi) is 6.94. The quantitative estimate of drug-likeness (QED) is 0.424. The fourth-order valence-electron chi connectivity index (χ4n) is 3.16. The van der Waals surface area contributed by atoms with Crippen LogP contribution in [0.3, 0.4) is 0 Å². The van der Waals surface area contributed by atoms with Gasteiger partial charge >= 0.3 is 12.1 Å². The maximum atomic E-state index is 12.9. The minimum Gasteiger partial charge on any atom is -0.453 e. The summed E-state index contributed by atoms with van der Waals surface area (Å²) in [6.07, 6.45) is -5.76. The number of carbonyl (C=O) groups is 2. The molecule has 2 heterocycles. The van der Waals surface area contributed by atoms with E-state index < -0.39 is 35.8 Å². The molecule has 0 saturated carbocycles. The molecule has 0 aliphatic heterocycles. The SMILES string of the molecule is Cc1nc2nc(C(F)(F)F)nn2c(C)c1CCC(=O)OC(C)C(=O)NCc1ccc(F)cc1. The van der Waals surface area contributed by atoms with Gasteiger partial charge in [0.25, 0.3) is 17.5 Å². The highest BCUT2D eigenvalue weighted by molar-refractivity contribution is 5.83. The standard InChI is InChI=1S/C21H21F4N5O3/c1-11-16(12(2)30-20(27-11)28-19(29-30)21(23,24)25)8-9-17(31)33-13(3)18(32)26-10-14-4-6-15(22)7-5-14/h4-7,13H,8-10H2,1-3H3,(H,26,32). The number of benzene rings is 1. The van der Waals surface area contributed by atoms with Crippen molar-refractivity contribution in [1.29, 1.82) is 0 Å². The van der Waals surface area contributed by atoms with Crippen LogP contribution in [0.15, 0.2) is 24.3 Å². The first-order chi connectivity index (χ1) is 15.5. The number of nitrogens with one attached hydrogen (secondary N) is 1. The van der Waals surface area contributed by atoms with Gasteiger partial charge in [-0.15, -0.1) is 5.10 Å². The molecule has 3 aromatic rings. The Morgan fingerprint density at radius 3 is 2.45 bits per heavy atom. The summed E-state index contributed by atoms with van der Waals surface area (Å²) in [5.74, 6) is -3.06. The molecule has 3 rings (SSSR count). The second kappa shape index (κ2) is 9.51. The van der Waals surface area contributed by atoms with Gasteiger partial charge in [0, 0.05) is 24.4 Å². The Hall–Kier alpha value is -3.57. The second-order valence-electron chi connectivity index (χ2n) is 7.38. The van der Waals surface area contributed by atoms with Crippen molar-refractivity contribution in [2.24, 2.45) is 0 Å². The van der Waals surface area contributed by atoms with Gasteiger partial charge in [-0.1, -0.05) is 12.1 Å². The van der Waals surface area contributed by atoms with Crippen LogP contribution in [0, 0.1) is 19.7 Å². The smallest absolute Gasteiger partial charge is 0.453 e. The molecule has 0 radical (unpaired) electrons. The van der Waals surface area contributed by atoms with Crippen LogP contribution in [0.5, 0.6) is 0 Å². The number of alkyl halides is 3. The van der Waals surface area contributed by atoms with Gasteiger partial charge in [0.2, 0.25) is 0 Å². The predicted molar refractivity (Wildman–Crippen MR) is 107 cm³/mol. The number of halogens is 4. The van der Waals surface area contributed by atoms with Crippen molar-refractivity contribution in [2.75, 3.05) is 0 Å². The normalized spacial score (nSPS) is 12.6. The first-order valence-electron chi connectivity index (χ1n) is 9.97. The summed E-state index contributed by atoms with van der Waals surface area (Å²) < 4.78 is 57.7. The van der Waals surface area contributed by atoms with Crippen LogP contribution in [-0.4, -0.2) is 37.6 Å². The van der Waals surface area contributed by atoms with Crippen molar-refractivity contribution >= 4 is 17.7 Å². The Balaban J connectivity index is 1.58. The van der Waals surface area contributed by atoms with Crippen LogP contribution in [-0.2, 0) is 33.5 Å². The van der Waals surface area contributed by atoms with E-state index in [-0.39, 0.29) is 25.2 Å². The van der Waals surface area contributed by atoms with Gasteiger partial charge in [-0.2, -0.15) is 18.2 Å². The minimum absolute atomic E-state index is 0.120. The third-order valence-electron chi connectivity index (χ3n) is 4.94. The Morgan fingerprint density at radius 1 is 1.15 bits per heavy atom. The molecule has 8 nitrogen and oxygen atoms in total. The first kappa shape index (κ1) is 24.1. The Morgan fingerprint density at radius 2 is 1.82 bits per heavy atom. The third-order valence-corrected chi connectivity index (χ3v) is 4.94. The van der Waals surface area contributed by atoms with E-state index in [4.69, 9.17) is 4.74 Å². The van der Waals surface area contributed by atoms with E-state index in [1.807, 2.05) is 0 Å². The molecule has 0 bridgehead atoms. The number of esters is 1. The Bertz CT molecular complexity index is 1180. The summed E-state index contributed by atoms with van der Waals surface area (Å²) in [6.45, 7) is 4.71. The van der Waals surface area contributed by atoms with Crippen LogP contribution in [0.2, 0.25) is 0 Å². The molecule has 0 spiro atoms. The number of hydrogen-bond donors (Lipinski definition) is 1. The number of aromatic nitrogens is 4. The van der Waals surface area contributed by atoms with E-state index in [0.717, 1.165) is 4.52 Å². The summed E-state index contributed by atoms with van der Waals surface area (Å²) >= 11 is 0. The lowest BCUT2D eigenvalue weighted by Crippen LogP contribution is -2.35. The fraction of sp³-hybridized carbons (Fsp3) is 0.381. The van der Waals surface area contributed by atoms with E-state index in [1.165, 1.54) is 31.2 Å². The maximum absolute atomic E-state index is 12.9. The minimum atomic E-state index is -4.70. The topological polar surface area (TPSA) is 98.5 Å². The lowest BCUT2D eigenvalue weighted by molar-refractivity contribution is -0.154. The monoisotopic (exact) mass is 467 g/mol. The third kappa shape index (κ3) is 5.82. The number of aryl methyl sites for hydroxylation is 2. The van der Waals surface area contributed by atoms with Gasteiger partial charge in [-0.3, -0.25) is 9.59 Å². The molecule has 1 atom stereocenters. The van der Waals surface area contributed by atoms with Crippen molar-refractivity contribution in [1.82, 2.24) is 24.9 Å². The lowest BCUT2D eigenvalue weighted by Gasteiger charge is -2.14. The molecule has 1 unspecified atom stereocenters. The molecular formula is C21H21F4N5O3. The van der Waals surface area contributed by atoms with Crippen LogP contribution in [0.4, 0.5) is 17.6 Å². The molecule has 0 fully saturated rings. The highest BCUT2D eigenvalue weighted by Gasteiger charge is 2.37. The van der Waals surface area contributed by atoms with E-state index in [2.05, 4.69) is 20.4 Å². The molecule has 12 heteroatoms. The summed E-state index contributed by atoms with van der Waals surface area (Å²) in [6, 6.07) is 5.58. The highest BCUT2D eigenvalue weighted by atomic mass is 19.4. The van der Waals surface area contributed by atoms with Crippen molar-refractivity contribution < 1.29 is 31.9 Å². The molecule has 1 amide bonds. The summed E-state index contributed by atoms with van der Waals surface area (Å²) in [5.41, 5.74) is 2.00. The first-order valence-corrected chi connectivity index (χ1v) is 9.97. The van der Waals surface area contributed by atoms with Gasteiger partial charge in [0.1, 0.15) is 5.82 Å². The van der Waals surface area contributed by atoms with E-state index >= 15 is 0 Å². The van der Waals surface area contributed by atoms with Gasteiger partial charge < -0.3 is 10.1 Å². The molecular weight excluding hydrogens is 446 g/mol. The van der Waals surface area contributed by atoms with Crippen LogP contribution in [0.25, 0.3) is 5.78 Å². The highest BCUT2D eigenvalue weighted by Crippen LogP contribution is 2.27. The molecule has 0 saturated heterocycles. The Labute approximate surface area is 186 Å².